The van der Waals surface area contributed by atoms with E-state index in [1.165, 1.54) is 9.13 Å². The zero-order valence-corrected chi connectivity index (χ0v) is 16.3. The number of aryl methyl sites for hydroxylation is 2. The quantitative estimate of drug-likeness (QED) is 0.471. The van der Waals surface area contributed by atoms with E-state index in [4.69, 9.17) is 0 Å². The summed E-state index contributed by atoms with van der Waals surface area (Å²) < 4.78 is 4.20. The molecule has 0 aliphatic rings. The molecule has 5 aromatic rings. The summed E-state index contributed by atoms with van der Waals surface area (Å²) in [6.45, 7) is 0.133. The molecule has 1 aromatic carbocycles. The van der Waals surface area contributed by atoms with Gasteiger partial charge in [0.1, 0.15) is 0 Å². The van der Waals surface area contributed by atoms with Crippen molar-refractivity contribution in [1.29, 1.82) is 0 Å². The van der Waals surface area contributed by atoms with E-state index in [-0.39, 0.29) is 6.54 Å². The summed E-state index contributed by atoms with van der Waals surface area (Å²) in [5, 5.41) is 11.8. The van der Waals surface area contributed by atoms with Crippen molar-refractivity contribution in [1.82, 2.24) is 33.9 Å². The van der Waals surface area contributed by atoms with E-state index in [0.29, 0.717) is 22.9 Å². The molecule has 4 heterocycles. The average molecular weight is 402 g/mol. The standard InChI is InChI=1S/C20H18N8O2/c1-26-16-17(24-19(26)23-15-8-5-9-21-25-15)27(2)20(30)28(18(16)29)11-13-10-12-6-3-4-7-14(12)22-13/h3-10,22H,11H2,1-2H3,(H,23,24,25). The van der Waals surface area contributed by atoms with Gasteiger partial charge in [-0.3, -0.25) is 13.9 Å². The van der Waals surface area contributed by atoms with Crippen molar-refractivity contribution < 1.29 is 0 Å². The second kappa shape index (κ2) is 6.69. The summed E-state index contributed by atoms with van der Waals surface area (Å²) in [7, 11) is 3.32. The van der Waals surface area contributed by atoms with Gasteiger partial charge < -0.3 is 14.9 Å². The minimum atomic E-state index is -0.435. The highest BCUT2D eigenvalue weighted by Gasteiger charge is 2.19. The largest absolute Gasteiger partial charge is 0.357 e. The Morgan fingerprint density at radius 2 is 1.90 bits per heavy atom. The van der Waals surface area contributed by atoms with Crippen LogP contribution in [-0.4, -0.2) is 33.9 Å². The zero-order chi connectivity index (χ0) is 20.8. The van der Waals surface area contributed by atoms with E-state index in [9.17, 15) is 9.59 Å². The Morgan fingerprint density at radius 3 is 2.67 bits per heavy atom. The first kappa shape index (κ1) is 17.9. The third-order valence-corrected chi connectivity index (χ3v) is 5.09. The highest BCUT2D eigenvalue weighted by atomic mass is 16.2. The molecular formula is C20H18N8O2. The van der Waals surface area contributed by atoms with Crippen LogP contribution in [0.1, 0.15) is 5.69 Å². The van der Waals surface area contributed by atoms with Gasteiger partial charge in [0.05, 0.1) is 6.54 Å². The van der Waals surface area contributed by atoms with E-state index in [1.807, 2.05) is 30.3 Å². The molecule has 10 heteroatoms. The van der Waals surface area contributed by atoms with Crippen LogP contribution in [0.2, 0.25) is 0 Å². The van der Waals surface area contributed by atoms with E-state index in [1.54, 1.807) is 37.0 Å². The maximum atomic E-state index is 13.2. The predicted molar refractivity (Wildman–Crippen MR) is 113 cm³/mol. The summed E-state index contributed by atoms with van der Waals surface area (Å²) in [5.41, 5.74) is 1.50. The molecule has 0 saturated heterocycles. The first-order chi connectivity index (χ1) is 14.5. The van der Waals surface area contributed by atoms with Gasteiger partial charge in [-0.15, -0.1) is 5.10 Å². The topological polar surface area (TPSA) is 115 Å². The summed E-state index contributed by atoms with van der Waals surface area (Å²) in [4.78, 5) is 33.8. The lowest BCUT2D eigenvalue weighted by molar-refractivity contribution is 0.648. The van der Waals surface area contributed by atoms with Gasteiger partial charge in [0.15, 0.2) is 17.0 Å². The molecular weight excluding hydrogens is 384 g/mol. The van der Waals surface area contributed by atoms with Crippen LogP contribution < -0.4 is 16.6 Å². The van der Waals surface area contributed by atoms with Crippen LogP contribution in [0, 0.1) is 0 Å². The molecule has 5 rings (SSSR count). The van der Waals surface area contributed by atoms with E-state index < -0.39 is 11.2 Å². The fraction of sp³-hybridized carbons (Fsp3) is 0.150. The lowest BCUT2D eigenvalue weighted by Crippen LogP contribution is -2.39. The van der Waals surface area contributed by atoms with Gasteiger partial charge in [-0.05, 0) is 29.7 Å². The van der Waals surface area contributed by atoms with E-state index in [2.05, 4.69) is 25.5 Å². The Labute approximate surface area is 169 Å². The Bertz CT molecular complexity index is 1470. The fourth-order valence-corrected chi connectivity index (χ4v) is 3.57. The third-order valence-electron chi connectivity index (χ3n) is 5.09. The number of nitrogens with one attached hydrogen (secondary N) is 2. The first-order valence-electron chi connectivity index (χ1n) is 9.30. The number of hydrogen-bond donors (Lipinski definition) is 2. The maximum absolute atomic E-state index is 13.2. The van der Waals surface area contributed by atoms with Crippen LogP contribution in [0.4, 0.5) is 11.8 Å². The van der Waals surface area contributed by atoms with Crippen LogP contribution in [-0.2, 0) is 20.6 Å². The zero-order valence-electron chi connectivity index (χ0n) is 16.3. The molecule has 0 amide bonds. The van der Waals surface area contributed by atoms with E-state index >= 15 is 0 Å². The molecule has 0 bridgehead atoms. The molecule has 30 heavy (non-hydrogen) atoms. The van der Waals surface area contributed by atoms with Crippen molar-refractivity contribution in [2.75, 3.05) is 5.32 Å². The average Bonchev–Trinajstić information content (AvgIpc) is 3.31. The van der Waals surface area contributed by atoms with Gasteiger partial charge in [0.2, 0.25) is 5.95 Å². The number of anilines is 2. The lowest BCUT2D eigenvalue weighted by atomic mass is 10.2. The van der Waals surface area contributed by atoms with Crippen molar-refractivity contribution in [2.45, 2.75) is 6.54 Å². The molecule has 0 aliphatic carbocycles. The number of imidazole rings is 1. The van der Waals surface area contributed by atoms with Gasteiger partial charge in [-0.25, -0.2) is 4.79 Å². The van der Waals surface area contributed by atoms with Crippen molar-refractivity contribution >= 4 is 33.8 Å². The Morgan fingerprint density at radius 1 is 1.07 bits per heavy atom. The number of aromatic nitrogens is 7. The molecule has 0 atom stereocenters. The second-order valence-corrected chi connectivity index (χ2v) is 7.02. The molecule has 150 valence electrons. The second-order valence-electron chi connectivity index (χ2n) is 7.02. The van der Waals surface area contributed by atoms with Gasteiger partial charge in [-0.2, -0.15) is 10.1 Å². The molecule has 0 saturated carbocycles. The molecule has 0 unspecified atom stereocenters. The smallest absolute Gasteiger partial charge is 0.332 e. The third kappa shape index (κ3) is 2.77. The van der Waals surface area contributed by atoms with Crippen LogP contribution >= 0.6 is 0 Å². The molecule has 4 aromatic heterocycles. The minimum absolute atomic E-state index is 0.133. The van der Waals surface area contributed by atoms with Crippen LogP contribution in [0.25, 0.3) is 22.1 Å². The number of fused-ring (bicyclic) bond motifs is 2. The Hall–Kier alpha value is -4.21. The van der Waals surface area contributed by atoms with E-state index in [0.717, 1.165) is 16.6 Å². The number of nitrogens with zero attached hydrogens (tertiary/aromatic N) is 6. The number of hydrogen-bond acceptors (Lipinski definition) is 6. The number of rotatable bonds is 4. The summed E-state index contributed by atoms with van der Waals surface area (Å²) in [6.07, 6.45) is 1.56. The predicted octanol–water partition coefficient (Wildman–Crippen LogP) is 1.50. The minimum Gasteiger partial charge on any atom is -0.357 e. The highest BCUT2D eigenvalue weighted by Crippen LogP contribution is 2.18. The van der Waals surface area contributed by atoms with Crippen molar-refractivity contribution in [3.63, 3.8) is 0 Å². The van der Waals surface area contributed by atoms with Crippen molar-refractivity contribution in [3.05, 3.63) is 75.2 Å². The number of benzene rings is 1. The van der Waals surface area contributed by atoms with Gasteiger partial charge in [-0.1, -0.05) is 18.2 Å². The molecule has 10 nitrogen and oxygen atoms in total. The maximum Gasteiger partial charge on any atom is 0.332 e. The number of para-hydroxylation sites is 1. The molecule has 0 aliphatic heterocycles. The molecule has 2 N–H and O–H groups in total. The normalized spacial score (nSPS) is 11.4. The van der Waals surface area contributed by atoms with Gasteiger partial charge in [0.25, 0.3) is 5.56 Å². The molecule has 0 spiro atoms. The summed E-state index contributed by atoms with van der Waals surface area (Å²) in [5.74, 6) is 0.875. The Balaban J connectivity index is 1.63. The monoisotopic (exact) mass is 402 g/mol. The van der Waals surface area contributed by atoms with Gasteiger partial charge in [0, 0.05) is 31.5 Å². The van der Waals surface area contributed by atoms with Gasteiger partial charge >= 0.3 is 5.69 Å². The molecule has 0 fully saturated rings. The Kier molecular flexibility index (Phi) is 3.98. The first-order valence-corrected chi connectivity index (χ1v) is 9.30. The summed E-state index contributed by atoms with van der Waals surface area (Å²) in [6, 6.07) is 13.2. The van der Waals surface area contributed by atoms with Crippen LogP contribution in [0.5, 0.6) is 0 Å². The summed E-state index contributed by atoms with van der Waals surface area (Å²) >= 11 is 0. The SMILES string of the molecule is Cn1c(Nc2cccnn2)nc2c1c(=O)n(Cc1cc3ccccc3[nH]1)c(=O)n2C. The highest BCUT2D eigenvalue weighted by molar-refractivity contribution is 5.80. The number of H-pyrrole nitrogens is 1. The van der Waals surface area contributed by atoms with Crippen LogP contribution in [0.15, 0.2) is 58.3 Å². The molecule has 0 radical (unpaired) electrons. The van der Waals surface area contributed by atoms with Crippen LogP contribution in [0.3, 0.4) is 0 Å². The van der Waals surface area contributed by atoms with Crippen molar-refractivity contribution in [2.24, 2.45) is 14.1 Å². The fourth-order valence-electron chi connectivity index (χ4n) is 3.57. The number of aromatic amines is 1. The van der Waals surface area contributed by atoms with Crippen molar-refractivity contribution in [3.8, 4) is 0 Å². The lowest BCUT2D eigenvalue weighted by Gasteiger charge is -2.08.